The standard InChI is InChI=1S/C18H20N2O5S/c1-24-17-7-6-13(10-16(17)20(22)23)18(21)19(11-14-4-2-8-25-14)12-15-5-3-9-26-15/h3,5-7,9-10,14H,2,4,8,11-12H2,1H3. The van der Waals surface area contributed by atoms with E-state index in [4.69, 9.17) is 9.47 Å². The minimum Gasteiger partial charge on any atom is -0.490 e. The fraction of sp³-hybridized carbons (Fsp3) is 0.389. The molecular formula is C18H20N2O5S. The number of methoxy groups -OCH3 is 1. The summed E-state index contributed by atoms with van der Waals surface area (Å²) in [5.41, 5.74) is 0.0543. The number of hydrogen-bond acceptors (Lipinski definition) is 6. The van der Waals surface area contributed by atoms with Gasteiger partial charge in [-0.1, -0.05) is 6.07 Å². The minimum atomic E-state index is -0.542. The lowest BCUT2D eigenvalue weighted by atomic mass is 10.1. The van der Waals surface area contributed by atoms with Crippen LogP contribution in [0.25, 0.3) is 0 Å². The predicted molar refractivity (Wildman–Crippen MR) is 97.7 cm³/mol. The Bertz CT molecular complexity index is 772. The van der Waals surface area contributed by atoms with Crippen molar-refractivity contribution in [2.75, 3.05) is 20.3 Å². The van der Waals surface area contributed by atoms with Gasteiger partial charge in [-0.2, -0.15) is 0 Å². The van der Waals surface area contributed by atoms with Gasteiger partial charge >= 0.3 is 5.69 Å². The second kappa shape index (κ2) is 8.29. The monoisotopic (exact) mass is 376 g/mol. The molecule has 7 nitrogen and oxygen atoms in total. The van der Waals surface area contributed by atoms with Gasteiger partial charge in [0.05, 0.1) is 24.7 Å². The molecule has 3 rings (SSSR count). The molecule has 2 heterocycles. The van der Waals surface area contributed by atoms with Crippen LogP contribution in [0, 0.1) is 10.1 Å². The van der Waals surface area contributed by atoms with Crippen LogP contribution in [0.4, 0.5) is 5.69 Å². The molecule has 1 aromatic carbocycles. The summed E-state index contributed by atoms with van der Waals surface area (Å²) in [6.45, 7) is 1.63. The van der Waals surface area contributed by atoms with Crippen molar-refractivity contribution in [1.82, 2.24) is 4.90 Å². The lowest BCUT2D eigenvalue weighted by Crippen LogP contribution is -2.36. The van der Waals surface area contributed by atoms with Gasteiger partial charge in [0.15, 0.2) is 5.75 Å². The van der Waals surface area contributed by atoms with Crippen LogP contribution in [0.15, 0.2) is 35.7 Å². The molecule has 1 atom stereocenters. The van der Waals surface area contributed by atoms with Crippen molar-refractivity contribution in [3.05, 3.63) is 56.3 Å². The molecule has 0 radical (unpaired) electrons. The van der Waals surface area contributed by atoms with Crippen molar-refractivity contribution in [3.63, 3.8) is 0 Å². The molecular weight excluding hydrogens is 356 g/mol. The van der Waals surface area contributed by atoms with E-state index < -0.39 is 4.92 Å². The second-order valence-electron chi connectivity index (χ2n) is 6.04. The molecule has 26 heavy (non-hydrogen) atoms. The quantitative estimate of drug-likeness (QED) is 0.546. The zero-order chi connectivity index (χ0) is 18.5. The number of benzene rings is 1. The van der Waals surface area contributed by atoms with Crippen LogP contribution in [0.5, 0.6) is 5.75 Å². The van der Waals surface area contributed by atoms with Gasteiger partial charge < -0.3 is 14.4 Å². The molecule has 2 aromatic rings. The molecule has 1 fully saturated rings. The Morgan fingerprint density at radius 2 is 2.31 bits per heavy atom. The third-order valence-corrected chi connectivity index (χ3v) is 5.15. The first-order chi connectivity index (χ1) is 12.6. The average molecular weight is 376 g/mol. The number of thiophene rings is 1. The first-order valence-corrected chi connectivity index (χ1v) is 9.22. The number of rotatable bonds is 7. The first kappa shape index (κ1) is 18.3. The second-order valence-corrected chi connectivity index (χ2v) is 7.08. The number of carbonyl (C=O) groups excluding carboxylic acids is 1. The molecule has 0 N–H and O–H groups in total. The van der Waals surface area contributed by atoms with Gasteiger partial charge in [0.2, 0.25) is 0 Å². The highest BCUT2D eigenvalue weighted by Crippen LogP contribution is 2.28. The summed E-state index contributed by atoms with van der Waals surface area (Å²) in [6.07, 6.45) is 1.91. The van der Waals surface area contributed by atoms with Crippen LogP contribution in [0.3, 0.4) is 0 Å². The Balaban J connectivity index is 1.85. The lowest BCUT2D eigenvalue weighted by molar-refractivity contribution is -0.385. The van der Waals surface area contributed by atoms with Crippen LogP contribution in [0.1, 0.15) is 28.1 Å². The number of ether oxygens (including phenoxy) is 2. The molecule has 0 saturated carbocycles. The van der Waals surface area contributed by atoms with Crippen molar-refractivity contribution in [1.29, 1.82) is 0 Å². The molecule has 1 unspecified atom stereocenters. The number of nitro groups is 1. The Morgan fingerprint density at radius 3 is 2.92 bits per heavy atom. The van der Waals surface area contributed by atoms with Crippen molar-refractivity contribution in [2.45, 2.75) is 25.5 Å². The summed E-state index contributed by atoms with van der Waals surface area (Å²) in [7, 11) is 1.37. The van der Waals surface area contributed by atoms with Crippen LogP contribution in [0.2, 0.25) is 0 Å². The third-order valence-electron chi connectivity index (χ3n) is 4.28. The van der Waals surface area contributed by atoms with E-state index in [9.17, 15) is 14.9 Å². The van der Waals surface area contributed by atoms with Crippen molar-refractivity contribution in [3.8, 4) is 5.75 Å². The highest BCUT2D eigenvalue weighted by atomic mass is 32.1. The van der Waals surface area contributed by atoms with Crippen molar-refractivity contribution < 1.29 is 19.2 Å². The zero-order valence-electron chi connectivity index (χ0n) is 14.4. The smallest absolute Gasteiger partial charge is 0.311 e. The predicted octanol–water partition coefficient (Wildman–Crippen LogP) is 3.49. The number of nitrogens with zero attached hydrogens (tertiary/aromatic N) is 2. The van der Waals surface area contributed by atoms with Crippen molar-refractivity contribution in [2.24, 2.45) is 0 Å². The van der Waals surface area contributed by atoms with Crippen LogP contribution in [-0.4, -0.2) is 42.1 Å². The van der Waals surface area contributed by atoms with Crippen LogP contribution >= 0.6 is 11.3 Å². The Labute approximate surface area is 155 Å². The molecule has 1 saturated heterocycles. The maximum Gasteiger partial charge on any atom is 0.311 e. The molecule has 1 aromatic heterocycles. The van der Waals surface area contributed by atoms with Gasteiger partial charge in [-0.3, -0.25) is 14.9 Å². The van der Waals surface area contributed by atoms with Gasteiger partial charge in [0, 0.05) is 29.7 Å². The minimum absolute atomic E-state index is 0.00662. The number of nitro benzene ring substituents is 1. The third kappa shape index (κ3) is 4.20. The molecule has 0 bridgehead atoms. The summed E-state index contributed by atoms with van der Waals surface area (Å²) >= 11 is 1.57. The van der Waals surface area contributed by atoms with E-state index in [1.54, 1.807) is 22.3 Å². The van der Waals surface area contributed by atoms with E-state index in [1.165, 1.54) is 19.2 Å². The fourth-order valence-corrected chi connectivity index (χ4v) is 3.71. The molecule has 0 aliphatic carbocycles. The molecule has 8 heteroatoms. The maximum atomic E-state index is 13.0. The van der Waals surface area contributed by atoms with E-state index in [0.717, 1.165) is 17.7 Å². The van der Waals surface area contributed by atoms with Crippen LogP contribution in [-0.2, 0) is 11.3 Å². The van der Waals surface area contributed by atoms with E-state index in [1.807, 2.05) is 17.5 Å². The van der Waals surface area contributed by atoms with Crippen LogP contribution < -0.4 is 4.74 Å². The summed E-state index contributed by atoms with van der Waals surface area (Å²) in [4.78, 5) is 26.5. The van der Waals surface area contributed by atoms with E-state index in [-0.39, 0.29) is 29.0 Å². The fourth-order valence-electron chi connectivity index (χ4n) is 2.99. The molecule has 138 valence electrons. The van der Waals surface area contributed by atoms with Crippen molar-refractivity contribution >= 4 is 22.9 Å². The Hall–Kier alpha value is -2.45. The van der Waals surface area contributed by atoms with Gasteiger partial charge in [-0.05, 0) is 36.4 Å². The topological polar surface area (TPSA) is 81.9 Å². The molecule has 1 aliphatic heterocycles. The Morgan fingerprint density at radius 1 is 1.46 bits per heavy atom. The number of amides is 1. The molecule has 0 spiro atoms. The van der Waals surface area contributed by atoms with Gasteiger partial charge in [-0.25, -0.2) is 0 Å². The summed E-state index contributed by atoms with van der Waals surface area (Å²) in [5.74, 6) is -0.116. The Kier molecular flexibility index (Phi) is 5.85. The lowest BCUT2D eigenvalue weighted by Gasteiger charge is -2.25. The largest absolute Gasteiger partial charge is 0.490 e. The first-order valence-electron chi connectivity index (χ1n) is 8.34. The summed E-state index contributed by atoms with van der Waals surface area (Å²) < 4.78 is 10.7. The summed E-state index contributed by atoms with van der Waals surface area (Å²) in [5, 5.41) is 13.2. The van der Waals surface area contributed by atoms with E-state index in [2.05, 4.69) is 0 Å². The SMILES string of the molecule is COc1ccc(C(=O)N(Cc2cccs2)CC2CCCO2)cc1[N+](=O)[O-]. The highest BCUT2D eigenvalue weighted by Gasteiger charge is 2.26. The number of carbonyl (C=O) groups is 1. The average Bonchev–Trinajstić information content (AvgIpc) is 3.34. The molecule has 1 amide bonds. The van der Waals surface area contributed by atoms with Gasteiger partial charge in [-0.15, -0.1) is 11.3 Å². The van der Waals surface area contributed by atoms with Gasteiger partial charge in [0.25, 0.3) is 5.91 Å². The summed E-state index contributed by atoms with van der Waals surface area (Å²) in [6, 6.07) is 8.20. The maximum absolute atomic E-state index is 13.0. The zero-order valence-corrected chi connectivity index (χ0v) is 15.2. The molecule has 1 aliphatic rings. The van der Waals surface area contributed by atoms with E-state index in [0.29, 0.717) is 19.7 Å². The normalized spacial score (nSPS) is 16.4. The number of hydrogen-bond donors (Lipinski definition) is 0. The highest BCUT2D eigenvalue weighted by molar-refractivity contribution is 7.09. The van der Waals surface area contributed by atoms with E-state index >= 15 is 0 Å². The van der Waals surface area contributed by atoms with Gasteiger partial charge in [0.1, 0.15) is 0 Å².